The number of alkyl halides is 3. The van der Waals surface area contributed by atoms with Crippen molar-refractivity contribution in [2.45, 2.75) is 33.3 Å². The number of hydrogen-bond acceptors (Lipinski definition) is 5. The fraction of sp³-hybridized carbons (Fsp3) is 0.179. The molecule has 2 aliphatic heterocycles. The highest BCUT2D eigenvalue weighted by atomic mass is 35.5. The summed E-state index contributed by atoms with van der Waals surface area (Å²) in [6, 6.07) is 22.1. The number of carbonyl (C=O) groups is 2. The topological polar surface area (TPSA) is 125 Å². The van der Waals surface area contributed by atoms with Crippen molar-refractivity contribution >= 4 is 56.8 Å². The summed E-state index contributed by atoms with van der Waals surface area (Å²) in [7, 11) is 0. The largest absolute Gasteiger partial charge is 0.573 e. The number of hydrogen-bond donors (Lipinski definition) is 2. The second-order valence-corrected chi connectivity index (χ2v) is 13.4. The van der Waals surface area contributed by atoms with E-state index in [9.17, 15) is 33.3 Å². The maximum atomic E-state index is 12.4. The van der Waals surface area contributed by atoms with Gasteiger partial charge in [0.05, 0.1) is 34.3 Å². The van der Waals surface area contributed by atoms with Crippen LogP contribution in [-0.2, 0) is 13.1 Å². The van der Waals surface area contributed by atoms with Crippen molar-refractivity contribution in [1.82, 2.24) is 19.8 Å². The third kappa shape index (κ3) is 6.41. The second-order valence-electron chi connectivity index (χ2n) is 12.5. The number of halogens is 5. The Labute approximate surface area is 310 Å². The average Bonchev–Trinajstić information content (AvgIpc) is 3.59. The van der Waals surface area contributed by atoms with Gasteiger partial charge in [0, 0.05) is 63.7 Å². The van der Waals surface area contributed by atoms with Gasteiger partial charge in [0.15, 0.2) is 0 Å². The normalized spacial score (nSPS) is 13.6. The van der Waals surface area contributed by atoms with Gasteiger partial charge in [-0.2, -0.15) is 10.5 Å². The van der Waals surface area contributed by atoms with E-state index < -0.39 is 6.36 Å². The summed E-state index contributed by atoms with van der Waals surface area (Å²) >= 11 is 12.4. The van der Waals surface area contributed by atoms with Crippen LogP contribution in [0.5, 0.6) is 5.75 Å². The molecule has 6 aromatic rings. The van der Waals surface area contributed by atoms with E-state index in [2.05, 4.69) is 27.5 Å². The molecule has 2 aromatic heterocycles. The van der Waals surface area contributed by atoms with E-state index >= 15 is 0 Å². The highest BCUT2D eigenvalue weighted by molar-refractivity contribution is 6.36. The Morgan fingerprint density at radius 1 is 0.717 bits per heavy atom. The minimum absolute atomic E-state index is 0.0911. The second kappa shape index (κ2) is 13.6. The number of aromatic nitrogens is 2. The number of benzene rings is 4. The van der Waals surface area contributed by atoms with Gasteiger partial charge in [0.1, 0.15) is 17.1 Å². The third-order valence-electron chi connectivity index (χ3n) is 9.37. The Hall–Kier alpha value is -5.95. The summed E-state index contributed by atoms with van der Waals surface area (Å²) in [5, 5.41) is 27.3. The predicted octanol–water partition coefficient (Wildman–Crippen LogP) is 8.67. The van der Waals surface area contributed by atoms with E-state index in [1.807, 2.05) is 41.2 Å². The first-order chi connectivity index (χ1) is 25.3. The van der Waals surface area contributed by atoms with Crippen LogP contribution in [0.4, 0.5) is 13.2 Å². The number of fused-ring (bicyclic) bond motifs is 6. The summed E-state index contributed by atoms with van der Waals surface area (Å²) in [4.78, 5) is 24.7. The molecular weight excluding hydrogens is 728 g/mol. The quantitative estimate of drug-likeness (QED) is 0.187. The number of nitriles is 2. The average molecular weight is 756 g/mol. The molecule has 4 heterocycles. The van der Waals surface area contributed by atoms with Crippen molar-refractivity contribution in [1.29, 1.82) is 10.5 Å². The number of amides is 2. The van der Waals surface area contributed by atoms with Gasteiger partial charge in [-0.05, 0) is 79.1 Å². The van der Waals surface area contributed by atoms with E-state index in [4.69, 9.17) is 23.2 Å². The van der Waals surface area contributed by atoms with E-state index in [1.165, 1.54) is 24.3 Å². The molecule has 0 aliphatic carbocycles. The summed E-state index contributed by atoms with van der Waals surface area (Å²) in [5.41, 5.74) is 8.38. The van der Waals surface area contributed by atoms with Gasteiger partial charge < -0.3 is 24.5 Å². The van der Waals surface area contributed by atoms with Crippen LogP contribution in [0, 0.1) is 36.5 Å². The van der Waals surface area contributed by atoms with Crippen LogP contribution in [0.2, 0.25) is 10.0 Å². The lowest BCUT2D eigenvalue weighted by Crippen LogP contribution is -2.35. The van der Waals surface area contributed by atoms with Crippen molar-refractivity contribution in [2.24, 2.45) is 0 Å². The SMILES string of the molecule is Cc1c2n(c3c(-c4ccc(Cl)cc4Cl)cc(C#N)cc13)CCNC2=O.Cc1c2n(c3c(-c4ccc(OC(F)(F)F)cc4)cc(C#N)cc13)CCNC2=O. The van der Waals surface area contributed by atoms with Gasteiger partial charge in [-0.1, -0.05) is 41.4 Å². The van der Waals surface area contributed by atoms with Crippen molar-refractivity contribution in [2.75, 3.05) is 13.1 Å². The van der Waals surface area contributed by atoms with Gasteiger partial charge in [-0.3, -0.25) is 9.59 Å². The molecule has 0 saturated carbocycles. The zero-order chi connectivity index (χ0) is 37.8. The van der Waals surface area contributed by atoms with Crippen molar-refractivity contribution in [3.05, 3.63) is 110 Å². The first kappa shape index (κ1) is 35.5. The van der Waals surface area contributed by atoms with E-state index in [0.717, 1.165) is 44.1 Å². The van der Waals surface area contributed by atoms with Crippen LogP contribution in [0.1, 0.15) is 43.2 Å². The third-order valence-corrected chi connectivity index (χ3v) is 9.92. The number of nitrogens with zero attached hydrogens (tertiary/aromatic N) is 4. The van der Waals surface area contributed by atoms with Gasteiger partial charge in [0.2, 0.25) is 0 Å². The van der Waals surface area contributed by atoms with Crippen LogP contribution in [0.15, 0.2) is 66.7 Å². The fourth-order valence-electron chi connectivity index (χ4n) is 7.17. The Morgan fingerprint density at radius 3 is 1.72 bits per heavy atom. The van der Waals surface area contributed by atoms with Crippen LogP contribution in [0.3, 0.4) is 0 Å². The first-order valence-electron chi connectivity index (χ1n) is 16.3. The lowest BCUT2D eigenvalue weighted by atomic mass is 9.98. The number of rotatable bonds is 3. The number of carbonyl (C=O) groups excluding carboxylic acids is 2. The summed E-state index contributed by atoms with van der Waals surface area (Å²) in [6.07, 6.45) is -4.76. The lowest BCUT2D eigenvalue weighted by Gasteiger charge is -2.19. The maximum Gasteiger partial charge on any atom is 0.573 e. The lowest BCUT2D eigenvalue weighted by molar-refractivity contribution is -0.274. The first-order valence-corrected chi connectivity index (χ1v) is 17.1. The zero-order valence-electron chi connectivity index (χ0n) is 28.1. The summed E-state index contributed by atoms with van der Waals surface area (Å²) in [6.45, 7) is 6.03. The van der Waals surface area contributed by atoms with Gasteiger partial charge >= 0.3 is 6.36 Å². The molecule has 0 saturated heterocycles. The Kier molecular flexibility index (Phi) is 9.06. The highest BCUT2D eigenvalue weighted by Gasteiger charge is 2.31. The smallest absolute Gasteiger partial charge is 0.406 e. The minimum atomic E-state index is -4.76. The maximum absolute atomic E-state index is 12.4. The van der Waals surface area contributed by atoms with Crippen LogP contribution in [0.25, 0.3) is 44.1 Å². The van der Waals surface area contributed by atoms with Crippen molar-refractivity contribution in [3.63, 3.8) is 0 Å². The summed E-state index contributed by atoms with van der Waals surface area (Å²) < 4.78 is 45.0. The fourth-order valence-corrected chi connectivity index (χ4v) is 7.68. The molecule has 14 heteroatoms. The molecule has 2 amide bonds. The minimum Gasteiger partial charge on any atom is -0.406 e. The Bertz CT molecular complexity index is 2600. The van der Waals surface area contributed by atoms with Crippen LogP contribution in [-0.4, -0.2) is 40.4 Å². The number of aryl methyl sites for hydroxylation is 2. The van der Waals surface area contributed by atoms with E-state index in [-0.39, 0.29) is 17.6 Å². The molecule has 4 aromatic carbocycles. The van der Waals surface area contributed by atoms with Crippen molar-refractivity contribution < 1.29 is 27.5 Å². The highest BCUT2D eigenvalue weighted by Crippen LogP contribution is 2.40. The Balaban J connectivity index is 0.000000165. The predicted molar refractivity (Wildman–Crippen MR) is 195 cm³/mol. The van der Waals surface area contributed by atoms with Gasteiger partial charge in [-0.25, -0.2) is 0 Å². The summed E-state index contributed by atoms with van der Waals surface area (Å²) in [5.74, 6) is -0.596. The van der Waals surface area contributed by atoms with Gasteiger partial charge in [0.25, 0.3) is 11.8 Å². The molecule has 8 rings (SSSR count). The van der Waals surface area contributed by atoms with E-state index in [1.54, 1.807) is 24.3 Å². The number of ether oxygens (including phenoxy) is 1. The van der Waals surface area contributed by atoms with Crippen LogP contribution < -0.4 is 15.4 Å². The molecule has 266 valence electrons. The molecule has 2 N–H and O–H groups in total. The molecular formula is C39H27Cl2F3N6O3. The molecule has 0 radical (unpaired) electrons. The molecule has 0 spiro atoms. The monoisotopic (exact) mass is 754 g/mol. The Morgan fingerprint density at radius 2 is 1.23 bits per heavy atom. The molecule has 0 bridgehead atoms. The molecule has 0 unspecified atom stereocenters. The number of nitrogens with one attached hydrogen (secondary N) is 2. The molecule has 0 atom stereocenters. The molecule has 0 fully saturated rings. The van der Waals surface area contributed by atoms with Crippen molar-refractivity contribution in [3.8, 4) is 40.1 Å². The molecule has 2 aliphatic rings. The molecule has 9 nitrogen and oxygen atoms in total. The molecule has 53 heavy (non-hydrogen) atoms. The zero-order valence-corrected chi connectivity index (χ0v) is 29.6. The van der Waals surface area contributed by atoms with Gasteiger partial charge in [-0.15, -0.1) is 13.2 Å². The standard InChI is InChI=1S/C20H14F3N3O2.C19H13Cl2N3O/c1-11-15-8-12(10-24)9-16(18(15)26-7-6-25-19(27)17(11)26)13-2-4-14(5-3-13)28-20(21,22)23;1-10-14-6-11(9-22)7-15(13-3-2-12(20)8-16(13)21)18(14)24-5-4-23-19(25)17(10)24/h2-5,8-9H,6-7H2,1H3,(H,25,27);2-3,6-8H,4-5H2,1H3,(H,23,25). The van der Waals surface area contributed by atoms with Crippen LogP contribution >= 0.6 is 23.2 Å². The van der Waals surface area contributed by atoms with E-state index in [0.29, 0.717) is 69.9 Å².